The number of hydrogen-bond donors (Lipinski definition) is 1. The van der Waals surface area contributed by atoms with Crippen LogP contribution in [0.5, 0.6) is 11.5 Å². The van der Waals surface area contributed by atoms with Gasteiger partial charge in [0.25, 0.3) is 0 Å². The second kappa shape index (κ2) is 10.6. The van der Waals surface area contributed by atoms with Crippen molar-refractivity contribution in [1.82, 2.24) is 5.43 Å². The van der Waals surface area contributed by atoms with Crippen LogP contribution in [-0.2, 0) is 4.74 Å². The molecule has 0 saturated carbocycles. The summed E-state index contributed by atoms with van der Waals surface area (Å²) >= 11 is 0. The van der Waals surface area contributed by atoms with Crippen LogP contribution in [0.1, 0.15) is 18.1 Å². The Kier molecular flexibility index (Phi) is 7.74. The fourth-order valence-corrected chi connectivity index (χ4v) is 2.09. The first-order valence-corrected chi connectivity index (χ1v) is 8.21. The van der Waals surface area contributed by atoms with Gasteiger partial charge >= 0.3 is 6.09 Å². The number of nitrogens with one attached hydrogen (secondary N) is 1. The highest BCUT2D eigenvalue weighted by Crippen LogP contribution is 2.27. The number of ether oxygens (including phenoxy) is 3. The first kappa shape index (κ1) is 19.1. The third-order valence-electron chi connectivity index (χ3n) is 3.28. The minimum Gasteiger partial charge on any atom is -0.493 e. The third kappa shape index (κ3) is 6.32. The molecule has 1 N–H and O–H groups in total. The van der Waals surface area contributed by atoms with Crippen LogP contribution < -0.4 is 14.9 Å². The molecule has 136 valence electrons. The van der Waals surface area contributed by atoms with Crippen LogP contribution in [0.25, 0.3) is 6.08 Å². The van der Waals surface area contributed by atoms with Gasteiger partial charge in [0.1, 0.15) is 6.61 Å². The van der Waals surface area contributed by atoms with Crippen molar-refractivity contribution in [3.63, 3.8) is 0 Å². The maximum Gasteiger partial charge on any atom is 0.427 e. The summed E-state index contributed by atoms with van der Waals surface area (Å²) in [7, 11) is 1.57. The SMILES string of the molecule is CCOC(=O)NN=Cc1ccc(OC/C=C/c2ccccc2)c(OC)c1. The van der Waals surface area contributed by atoms with Gasteiger partial charge in [0.15, 0.2) is 11.5 Å². The van der Waals surface area contributed by atoms with E-state index in [-0.39, 0.29) is 0 Å². The summed E-state index contributed by atoms with van der Waals surface area (Å²) in [6, 6.07) is 15.4. The van der Waals surface area contributed by atoms with E-state index in [0.717, 1.165) is 11.1 Å². The zero-order valence-corrected chi connectivity index (χ0v) is 14.8. The van der Waals surface area contributed by atoms with Crippen LogP contribution in [0.2, 0.25) is 0 Å². The summed E-state index contributed by atoms with van der Waals surface area (Å²) in [5, 5.41) is 3.82. The Morgan fingerprint density at radius 2 is 1.92 bits per heavy atom. The molecule has 6 heteroatoms. The number of benzene rings is 2. The monoisotopic (exact) mass is 354 g/mol. The molecular formula is C20H22N2O4. The molecule has 0 aliphatic heterocycles. The Labute approximate surface area is 153 Å². The molecule has 0 radical (unpaired) electrons. The van der Waals surface area contributed by atoms with Crippen LogP contribution in [0, 0.1) is 0 Å². The quantitative estimate of drug-likeness (QED) is 0.577. The van der Waals surface area contributed by atoms with Crippen LogP contribution >= 0.6 is 0 Å². The number of carbonyl (C=O) groups is 1. The van der Waals surface area contributed by atoms with Gasteiger partial charge in [0.2, 0.25) is 0 Å². The van der Waals surface area contributed by atoms with Crippen LogP contribution in [0.3, 0.4) is 0 Å². The van der Waals surface area contributed by atoms with E-state index in [1.807, 2.05) is 48.6 Å². The summed E-state index contributed by atoms with van der Waals surface area (Å²) in [5.41, 5.74) is 4.14. The molecule has 2 aromatic rings. The summed E-state index contributed by atoms with van der Waals surface area (Å²) in [5.74, 6) is 1.21. The normalized spacial score (nSPS) is 10.8. The number of amides is 1. The third-order valence-corrected chi connectivity index (χ3v) is 3.28. The molecule has 6 nitrogen and oxygen atoms in total. The summed E-state index contributed by atoms with van der Waals surface area (Å²) in [6.07, 6.45) is 4.83. The molecular weight excluding hydrogens is 332 g/mol. The average Bonchev–Trinajstić information content (AvgIpc) is 2.67. The first-order chi connectivity index (χ1) is 12.7. The number of carbonyl (C=O) groups excluding carboxylic acids is 1. The summed E-state index contributed by atoms with van der Waals surface area (Å²) in [6.45, 7) is 2.44. The molecule has 0 spiro atoms. The molecule has 2 rings (SSSR count). The molecule has 0 aromatic heterocycles. The lowest BCUT2D eigenvalue weighted by Crippen LogP contribution is -2.18. The number of nitrogens with zero attached hydrogens (tertiary/aromatic N) is 1. The van der Waals surface area contributed by atoms with Gasteiger partial charge in [0.05, 0.1) is 19.9 Å². The molecule has 0 bridgehead atoms. The van der Waals surface area contributed by atoms with E-state index in [1.54, 1.807) is 26.2 Å². The molecule has 1 amide bonds. The van der Waals surface area contributed by atoms with Crippen LogP contribution in [0.15, 0.2) is 59.7 Å². The molecule has 0 saturated heterocycles. The van der Waals surface area contributed by atoms with Gasteiger partial charge in [-0.15, -0.1) is 0 Å². The zero-order valence-electron chi connectivity index (χ0n) is 14.8. The van der Waals surface area contributed by atoms with E-state index >= 15 is 0 Å². The fourth-order valence-electron chi connectivity index (χ4n) is 2.09. The van der Waals surface area contributed by atoms with Crippen molar-refractivity contribution in [3.8, 4) is 11.5 Å². The highest BCUT2D eigenvalue weighted by molar-refractivity contribution is 5.82. The predicted octanol–water partition coefficient (Wildman–Crippen LogP) is 3.87. The van der Waals surface area contributed by atoms with Gasteiger partial charge in [-0.25, -0.2) is 10.2 Å². The molecule has 2 aromatic carbocycles. The number of methoxy groups -OCH3 is 1. The molecule has 0 heterocycles. The number of hydrazone groups is 1. The lowest BCUT2D eigenvalue weighted by Gasteiger charge is -2.09. The maximum atomic E-state index is 11.2. The van der Waals surface area contributed by atoms with E-state index in [1.165, 1.54) is 6.21 Å². The largest absolute Gasteiger partial charge is 0.493 e. The minimum atomic E-state index is -0.596. The highest BCUT2D eigenvalue weighted by atomic mass is 16.5. The van der Waals surface area contributed by atoms with Crippen molar-refractivity contribution in [1.29, 1.82) is 0 Å². The smallest absolute Gasteiger partial charge is 0.427 e. The Balaban J connectivity index is 1.92. The van der Waals surface area contributed by atoms with E-state index in [4.69, 9.17) is 14.2 Å². The summed E-state index contributed by atoms with van der Waals surface area (Å²) < 4.78 is 15.8. The zero-order chi connectivity index (χ0) is 18.6. The molecule has 0 aliphatic rings. The number of rotatable bonds is 8. The summed E-state index contributed by atoms with van der Waals surface area (Å²) in [4.78, 5) is 11.2. The Bertz CT molecular complexity index is 758. The van der Waals surface area contributed by atoms with Gasteiger partial charge < -0.3 is 14.2 Å². The van der Waals surface area contributed by atoms with E-state index in [0.29, 0.717) is 24.7 Å². The lowest BCUT2D eigenvalue weighted by molar-refractivity contribution is 0.152. The van der Waals surface area contributed by atoms with Crippen molar-refractivity contribution in [2.75, 3.05) is 20.3 Å². The topological polar surface area (TPSA) is 69.2 Å². The lowest BCUT2D eigenvalue weighted by atomic mass is 10.2. The molecule has 0 unspecified atom stereocenters. The first-order valence-electron chi connectivity index (χ1n) is 8.21. The van der Waals surface area contributed by atoms with Gasteiger partial charge in [-0.3, -0.25) is 0 Å². The minimum absolute atomic E-state index is 0.292. The van der Waals surface area contributed by atoms with Crippen molar-refractivity contribution >= 4 is 18.4 Å². The van der Waals surface area contributed by atoms with Crippen molar-refractivity contribution < 1.29 is 19.0 Å². The molecule has 26 heavy (non-hydrogen) atoms. The second-order valence-corrected chi connectivity index (χ2v) is 5.12. The average molecular weight is 354 g/mol. The Morgan fingerprint density at radius 3 is 2.65 bits per heavy atom. The highest BCUT2D eigenvalue weighted by Gasteiger charge is 2.04. The Hall–Kier alpha value is -3.28. The number of hydrogen-bond acceptors (Lipinski definition) is 5. The standard InChI is InChI=1S/C20H22N2O4/c1-3-25-20(23)22-21-15-17-11-12-18(19(14-17)24-2)26-13-7-10-16-8-5-4-6-9-16/h4-12,14-15H,3,13H2,1-2H3,(H,22,23)/b10-7+,21-15?. The molecule has 0 fully saturated rings. The molecule has 0 aliphatic carbocycles. The maximum absolute atomic E-state index is 11.2. The van der Waals surface area contributed by atoms with Gasteiger partial charge in [0, 0.05) is 0 Å². The van der Waals surface area contributed by atoms with E-state index < -0.39 is 6.09 Å². The van der Waals surface area contributed by atoms with Crippen molar-refractivity contribution in [3.05, 3.63) is 65.7 Å². The predicted molar refractivity (Wildman–Crippen MR) is 102 cm³/mol. The van der Waals surface area contributed by atoms with Gasteiger partial charge in [-0.05, 0) is 42.3 Å². The van der Waals surface area contributed by atoms with Crippen LogP contribution in [-0.4, -0.2) is 32.6 Å². The van der Waals surface area contributed by atoms with E-state index in [9.17, 15) is 4.79 Å². The second-order valence-electron chi connectivity index (χ2n) is 5.12. The fraction of sp³-hybridized carbons (Fsp3) is 0.200. The van der Waals surface area contributed by atoms with Gasteiger partial charge in [-0.2, -0.15) is 5.10 Å². The Morgan fingerprint density at radius 1 is 1.12 bits per heavy atom. The van der Waals surface area contributed by atoms with E-state index in [2.05, 4.69) is 10.5 Å². The molecule has 0 atom stereocenters. The van der Waals surface area contributed by atoms with Crippen LogP contribution in [0.4, 0.5) is 4.79 Å². The van der Waals surface area contributed by atoms with Crippen molar-refractivity contribution in [2.24, 2.45) is 5.10 Å². The van der Waals surface area contributed by atoms with Gasteiger partial charge in [-0.1, -0.05) is 36.4 Å². The van der Waals surface area contributed by atoms with Crippen molar-refractivity contribution in [2.45, 2.75) is 6.92 Å².